The van der Waals surface area contributed by atoms with Gasteiger partial charge in [0.2, 0.25) is 0 Å². The second kappa shape index (κ2) is 6.87. The Hall–Kier alpha value is -0.520. The molecule has 15 heavy (non-hydrogen) atoms. The summed E-state index contributed by atoms with van der Waals surface area (Å²) < 4.78 is 0. The molecule has 1 saturated carbocycles. The Balaban J connectivity index is 0.000000167. The highest BCUT2D eigenvalue weighted by Gasteiger charge is 2.33. The van der Waals surface area contributed by atoms with Gasteiger partial charge in [-0.1, -0.05) is 51.3 Å². The largest absolute Gasteiger partial charge is 0.103 e. The number of fused-ring (bicyclic) bond motifs is 2. The second-order valence-corrected chi connectivity index (χ2v) is 4.88. The van der Waals surface area contributed by atoms with Crippen molar-refractivity contribution in [2.45, 2.75) is 52.4 Å². The molecular weight excluding hydrogens is 180 g/mol. The minimum absolute atomic E-state index is 0.972. The molecule has 0 heterocycles. The van der Waals surface area contributed by atoms with Crippen molar-refractivity contribution in [1.82, 2.24) is 0 Å². The van der Waals surface area contributed by atoms with Crippen LogP contribution in [-0.2, 0) is 0 Å². The molecule has 0 saturated heterocycles. The molecule has 0 aromatic rings. The molecule has 3 atom stereocenters. The van der Waals surface area contributed by atoms with Crippen LogP contribution >= 0.6 is 0 Å². The highest BCUT2D eigenvalue weighted by Crippen LogP contribution is 2.44. The lowest BCUT2D eigenvalue weighted by atomic mass is 9.91. The lowest BCUT2D eigenvalue weighted by molar-refractivity contribution is 0.434. The van der Waals surface area contributed by atoms with Crippen LogP contribution in [0.15, 0.2) is 24.8 Å². The molecule has 3 unspecified atom stereocenters. The Morgan fingerprint density at radius 1 is 1.27 bits per heavy atom. The highest BCUT2D eigenvalue weighted by molar-refractivity contribution is 5.09. The van der Waals surface area contributed by atoms with Gasteiger partial charge in [-0.3, -0.25) is 0 Å². The quantitative estimate of drug-likeness (QED) is 0.450. The van der Waals surface area contributed by atoms with Crippen LogP contribution in [0.5, 0.6) is 0 Å². The van der Waals surface area contributed by atoms with E-state index in [2.05, 4.69) is 32.6 Å². The van der Waals surface area contributed by atoms with E-state index in [-0.39, 0.29) is 0 Å². The first-order chi connectivity index (χ1) is 7.31. The van der Waals surface area contributed by atoms with Crippen molar-refractivity contribution in [2.75, 3.05) is 0 Å². The molecule has 2 aliphatic carbocycles. The van der Waals surface area contributed by atoms with Gasteiger partial charge in [-0.15, -0.1) is 6.58 Å². The Morgan fingerprint density at radius 2 is 2.07 bits per heavy atom. The molecule has 0 aromatic carbocycles. The smallest absolute Gasteiger partial charge is 0.0199 e. The van der Waals surface area contributed by atoms with Gasteiger partial charge < -0.3 is 0 Å². The summed E-state index contributed by atoms with van der Waals surface area (Å²) in [7, 11) is 0. The van der Waals surface area contributed by atoms with E-state index in [0.29, 0.717) is 0 Å². The van der Waals surface area contributed by atoms with E-state index in [0.717, 1.165) is 17.8 Å². The zero-order valence-corrected chi connectivity index (χ0v) is 10.4. The summed E-state index contributed by atoms with van der Waals surface area (Å²) in [4.78, 5) is 0. The van der Waals surface area contributed by atoms with Crippen LogP contribution in [-0.4, -0.2) is 0 Å². The Kier molecular flexibility index (Phi) is 5.75. The first-order valence-corrected chi connectivity index (χ1v) is 6.61. The normalized spacial score (nSPS) is 31.2. The molecule has 0 spiro atoms. The van der Waals surface area contributed by atoms with E-state index in [1.165, 1.54) is 38.5 Å². The molecule has 1 fully saturated rings. The van der Waals surface area contributed by atoms with Gasteiger partial charge in [-0.25, -0.2) is 0 Å². The van der Waals surface area contributed by atoms with Crippen LogP contribution in [0, 0.1) is 17.8 Å². The topological polar surface area (TPSA) is 0 Å². The van der Waals surface area contributed by atoms with Crippen LogP contribution < -0.4 is 0 Å². The average molecular weight is 206 g/mol. The van der Waals surface area contributed by atoms with Gasteiger partial charge in [0.15, 0.2) is 0 Å². The van der Waals surface area contributed by atoms with Gasteiger partial charge >= 0.3 is 0 Å². The maximum Gasteiger partial charge on any atom is -0.0199 e. The molecule has 0 radical (unpaired) electrons. The standard InChI is InChI=1S/C9H14.C6H12/c1-2-8-5-7-3-4-9(8)6-7;1-3-5-6-4-2/h3-4,7-9H,2,5-6H2,1H3;3H,1,4-6H2,2H3. The predicted octanol–water partition coefficient (Wildman–Crippen LogP) is 4.97. The van der Waals surface area contributed by atoms with Crippen LogP contribution in [0.3, 0.4) is 0 Å². The first kappa shape index (κ1) is 12.5. The predicted molar refractivity (Wildman–Crippen MR) is 68.9 cm³/mol. The van der Waals surface area contributed by atoms with Gasteiger partial charge in [-0.05, 0) is 37.0 Å². The minimum Gasteiger partial charge on any atom is -0.103 e. The minimum atomic E-state index is 0.972. The molecule has 86 valence electrons. The SMILES string of the molecule is C=CCCCC.CCC1CC2C=CC1C2. The zero-order chi connectivity index (χ0) is 11.1. The van der Waals surface area contributed by atoms with E-state index in [1.807, 2.05) is 6.08 Å². The molecule has 0 amide bonds. The lowest BCUT2D eigenvalue weighted by Gasteiger charge is -2.14. The summed E-state index contributed by atoms with van der Waals surface area (Å²) in [6.07, 6.45) is 14.9. The van der Waals surface area contributed by atoms with Crippen LogP contribution in [0.25, 0.3) is 0 Å². The van der Waals surface area contributed by atoms with Crippen molar-refractivity contribution in [3.8, 4) is 0 Å². The van der Waals surface area contributed by atoms with Gasteiger partial charge in [0.05, 0.1) is 0 Å². The Bertz CT molecular complexity index is 202. The van der Waals surface area contributed by atoms with E-state index in [9.17, 15) is 0 Å². The van der Waals surface area contributed by atoms with Crippen molar-refractivity contribution in [2.24, 2.45) is 17.8 Å². The van der Waals surface area contributed by atoms with E-state index in [1.54, 1.807) is 0 Å². The summed E-state index contributed by atoms with van der Waals surface area (Å²) in [6, 6.07) is 0. The number of hydrogen-bond acceptors (Lipinski definition) is 0. The van der Waals surface area contributed by atoms with E-state index >= 15 is 0 Å². The fourth-order valence-corrected chi connectivity index (χ4v) is 2.71. The summed E-state index contributed by atoms with van der Waals surface area (Å²) >= 11 is 0. The molecule has 2 bridgehead atoms. The fraction of sp³-hybridized carbons (Fsp3) is 0.733. The first-order valence-electron chi connectivity index (χ1n) is 6.61. The molecule has 2 aliphatic rings. The highest BCUT2D eigenvalue weighted by atomic mass is 14.4. The van der Waals surface area contributed by atoms with Crippen LogP contribution in [0.2, 0.25) is 0 Å². The Labute approximate surface area is 95.5 Å². The number of allylic oxidation sites excluding steroid dienone is 3. The summed E-state index contributed by atoms with van der Waals surface area (Å²) in [5.41, 5.74) is 0. The summed E-state index contributed by atoms with van der Waals surface area (Å²) in [6.45, 7) is 8.10. The monoisotopic (exact) mass is 206 g/mol. The third-order valence-corrected chi connectivity index (χ3v) is 3.70. The number of hydrogen-bond donors (Lipinski definition) is 0. The lowest BCUT2D eigenvalue weighted by Crippen LogP contribution is -2.04. The molecule has 0 N–H and O–H groups in total. The van der Waals surface area contributed by atoms with Gasteiger partial charge in [0.25, 0.3) is 0 Å². The van der Waals surface area contributed by atoms with Crippen molar-refractivity contribution < 1.29 is 0 Å². The van der Waals surface area contributed by atoms with E-state index < -0.39 is 0 Å². The van der Waals surface area contributed by atoms with Gasteiger partial charge in [0.1, 0.15) is 0 Å². The molecule has 0 aliphatic heterocycles. The van der Waals surface area contributed by atoms with Crippen molar-refractivity contribution in [3.63, 3.8) is 0 Å². The van der Waals surface area contributed by atoms with Crippen molar-refractivity contribution in [1.29, 1.82) is 0 Å². The maximum atomic E-state index is 3.60. The second-order valence-electron chi connectivity index (χ2n) is 4.88. The van der Waals surface area contributed by atoms with E-state index in [4.69, 9.17) is 0 Å². The Morgan fingerprint density at radius 3 is 2.33 bits per heavy atom. The number of unbranched alkanes of at least 4 members (excludes halogenated alkanes) is 2. The van der Waals surface area contributed by atoms with Crippen molar-refractivity contribution in [3.05, 3.63) is 24.8 Å². The maximum absolute atomic E-state index is 3.60. The third-order valence-electron chi connectivity index (χ3n) is 3.70. The molecule has 0 aromatic heterocycles. The third kappa shape index (κ3) is 3.85. The molecule has 2 rings (SSSR count). The van der Waals surface area contributed by atoms with Crippen LogP contribution in [0.4, 0.5) is 0 Å². The fourth-order valence-electron chi connectivity index (χ4n) is 2.71. The van der Waals surface area contributed by atoms with Gasteiger partial charge in [-0.2, -0.15) is 0 Å². The number of rotatable bonds is 4. The van der Waals surface area contributed by atoms with Crippen molar-refractivity contribution >= 4 is 0 Å². The summed E-state index contributed by atoms with van der Waals surface area (Å²) in [5, 5.41) is 0. The molecule has 0 heteroatoms. The average Bonchev–Trinajstić information content (AvgIpc) is 2.88. The molecular formula is C15H26. The molecule has 0 nitrogen and oxygen atoms in total. The zero-order valence-electron chi connectivity index (χ0n) is 10.4. The summed E-state index contributed by atoms with van der Waals surface area (Å²) in [5.74, 6) is 2.99. The van der Waals surface area contributed by atoms with Gasteiger partial charge in [0, 0.05) is 0 Å². The van der Waals surface area contributed by atoms with Crippen LogP contribution in [0.1, 0.15) is 52.4 Å².